The Kier molecular flexibility index (Phi) is 1.27. The molecule has 0 unspecified atom stereocenters. The molecule has 0 fully saturated rings. The Morgan fingerprint density at radius 2 is 1.29 bits per heavy atom. The summed E-state index contributed by atoms with van der Waals surface area (Å²) in [6.07, 6.45) is 0. The largest absolute Gasteiger partial charge is 0.0629 e. The Labute approximate surface area is 150 Å². The zero-order valence-electron chi connectivity index (χ0n) is 20.5. The molecule has 0 atom stereocenters. The fourth-order valence-electron chi connectivity index (χ4n) is 3.80. The predicted molar refractivity (Wildman–Crippen MR) is 105 cm³/mol. The van der Waals surface area contributed by atoms with E-state index in [1.165, 1.54) is 0 Å². The van der Waals surface area contributed by atoms with Gasteiger partial charge in [-0.15, -0.1) is 0 Å². The third kappa shape index (κ3) is 1.39. The Balaban J connectivity index is 2.20. The lowest BCUT2D eigenvalue weighted by Gasteiger charge is -2.16. The van der Waals surface area contributed by atoms with Gasteiger partial charge in [-0.2, -0.15) is 0 Å². The molecule has 24 heavy (non-hydrogen) atoms. The van der Waals surface area contributed by atoms with Gasteiger partial charge in [-0.1, -0.05) is 78.7 Å². The molecule has 0 nitrogen and oxygen atoms in total. The lowest BCUT2D eigenvalue weighted by atomic mass is 9.87. The van der Waals surface area contributed by atoms with E-state index >= 15 is 0 Å². The van der Waals surface area contributed by atoms with Crippen LogP contribution < -0.4 is 0 Å². The number of hydrogen-bond acceptors (Lipinski definition) is 0. The van der Waals surface area contributed by atoms with Crippen molar-refractivity contribution < 1.29 is 11.0 Å². The zero-order valence-corrected chi connectivity index (χ0v) is 12.5. The molecule has 110 valence electrons. The normalized spacial score (nSPS) is 16.8. The lowest BCUT2D eigenvalue weighted by molar-refractivity contribution is 1.78. The van der Waals surface area contributed by atoms with Gasteiger partial charge < -0.3 is 0 Å². The first-order valence-corrected chi connectivity index (χ1v) is 7.73. The summed E-state index contributed by atoms with van der Waals surface area (Å²) in [6, 6.07) is 9.07. The average molecular weight is 310 g/mol. The third-order valence-electron chi connectivity index (χ3n) is 4.76. The quantitative estimate of drug-likeness (QED) is 0.212. The maximum Gasteiger partial charge on any atom is 0.0629 e. The fourth-order valence-corrected chi connectivity index (χ4v) is 3.80. The molecule has 0 aliphatic carbocycles. The minimum Gasteiger partial charge on any atom is -0.0616 e. The molecule has 0 saturated heterocycles. The van der Waals surface area contributed by atoms with E-state index in [9.17, 15) is 0 Å². The monoisotopic (exact) mass is 310 g/mol. The Morgan fingerprint density at radius 3 is 2.25 bits per heavy atom. The van der Waals surface area contributed by atoms with E-state index in [-0.39, 0.29) is 58.5 Å². The molecule has 0 aliphatic rings. The molecule has 0 heteroatoms. The third-order valence-corrected chi connectivity index (χ3v) is 4.76. The molecular formula is C24H14. The standard InChI is InChI=1S/C24H14/c1-2-8-18-16(6-1)14-17-13-12-15-7-5-11-20-19-9-3-4-10-21(19)24(18)23(17)22(15)20/h1-14H/i3D,4D,5D,7D,9D,10D,11D,12D. The second kappa shape index (κ2) is 4.24. The number of fused-ring (bicyclic) bond motifs is 5. The van der Waals surface area contributed by atoms with Crippen molar-refractivity contribution in [2.75, 3.05) is 0 Å². The van der Waals surface area contributed by atoms with Crippen LogP contribution in [-0.2, 0) is 0 Å². The summed E-state index contributed by atoms with van der Waals surface area (Å²) in [5.41, 5.74) is 0. The molecule has 0 aromatic heterocycles. The summed E-state index contributed by atoms with van der Waals surface area (Å²) in [7, 11) is 0. The highest BCUT2D eigenvalue weighted by molar-refractivity contribution is 6.38. The summed E-state index contributed by atoms with van der Waals surface area (Å²) in [5.74, 6) is 0. The summed E-state index contributed by atoms with van der Waals surface area (Å²) < 4.78 is 68.0. The average Bonchev–Trinajstić information content (AvgIpc) is 2.78. The van der Waals surface area contributed by atoms with Gasteiger partial charge in [-0.05, 0) is 59.9 Å². The molecule has 0 N–H and O–H groups in total. The Morgan fingerprint density at radius 1 is 0.500 bits per heavy atom. The SMILES string of the molecule is [2H]c1c([2H])c([2H])c2c(c1[2H])c1c([2H])c([2H])c([2H])c3c([2H])cc4cc5ccccc5c2c4c31. The van der Waals surface area contributed by atoms with Gasteiger partial charge in [0.1, 0.15) is 0 Å². The molecular weight excluding hydrogens is 288 g/mol. The van der Waals surface area contributed by atoms with Gasteiger partial charge in [0.25, 0.3) is 0 Å². The number of rotatable bonds is 0. The van der Waals surface area contributed by atoms with E-state index in [1.54, 1.807) is 6.07 Å². The minimum atomic E-state index is -0.412. The Hall–Kier alpha value is -3.12. The fraction of sp³-hybridized carbons (Fsp3) is 0. The zero-order chi connectivity index (χ0) is 22.6. The molecule has 6 aromatic carbocycles. The minimum absolute atomic E-state index is 0.0535. The van der Waals surface area contributed by atoms with Gasteiger partial charge >= 0.3 is 0 Å². The van der Waals surface area contributed by atoms with Crippen molar-refractivity contribution in [2.24, 2.45) is 0 Å². The first kappa shape index (κ1) is 7.19. The van der Waals surface area contributed by atoms with Crippen LogP contribution in [0.1, 0.15) is 11.0 Å². The molecule has 6 aromatic rings. The molecule has 0 radical (unpaired) electrons. The summed E-state index contributed by atoms with van der Waals surface area (Å²) in [6.45, 7) is 0. The van der Waals surface area contributed by atoms with Crippen LogP contribution in [0.5, 0.6) is 0 Å². The van der Waals surface area contributed by atoms with Crippen molar-refractivity contribution in [3.63, 3.8) is 0 Å². The van der Waals surface area contributed by atoms with Crippen LogP contribution in [-0.4, -0.2) is 0 Å². The first-order chi connectivity index (χ1) is 15.2. The predicted octanol–water partition coefficient (Wildman–Crippen LogP) is 6.89. The van der Waals surface area contributed by atoms with Gasteiger partial charge in [0.15, 0.2) is 0 Å². The van der Waals surface area contributed by atoms with Gasteiger partial charge in [-0.25, -0.2) is 0 Å². The maximum atomic E-state index is 8.72. The molecule has 0 saturated carbocycles. The van der Waals surface area contributed by atoms with E-state index in [0.717, 1.165) is 10.8 Å². The van der Waals surface area contributed by atoms with Crippen LogP contribution in [0.3, 0.4) is 0 Å². The highest BCUT2D eigenvalue weighted by Crippen LogP contribution is 2.43. The molecule has 0 spiro atoms. The number of hydrogen-bond donors (Lipinski definition) is 0. The summed E-state index contributed by atoms with van der Waals surface area (Å²) >= 11 is 0. The summed E-state index contributed by atoms with van der Waals surface area (Å²) in [4.78, 5) is 0. The second-order valence-electron chi connectivity index (χ2n) is 5.98. The van der Waals surface area contributed by atoms with Crippen molar-refractivity contribution in [3.05, 3.63) is 84.7 Å². The highest BCUT2D eigenvalue weighted by Gasteiger charge is 2.14. The molecule has 0 bridgehead atoms. The first-order valence-electron chi connectivity index (χ1n) is 11.7. The molecule has 0 heterocycles. The van der Waals surface area contributed by atoms with Crippen molar-refractivity contribution >= 4 is 53.9 Å². The smallest absolute Gasteiger partial charge is 0.0616 e. The van der Waals surface area contributed by atoms with Gasteiger partial charge in [0, 0.05) is 0 Å². The highest BCUT2D eigenvalue weighted by atomic mass is 14.2. The maximum absolute atomic E-state index is 8.72. The molecule has 6 rings (SSSR count). The molecule has 0 amide bonds. The van der Waals surface area contributed by atoms with E-state index in [1.807, 2.05) is 30.3 Å². The van der Waals surface area contributed by atoms with Crippen LogP contribution in [0, 0.1) is 0 Å². The van der Waals surface area contributed by atoms with Crippen LogP contribution in [0.4, 0.5) is 0 Å². The van der Waals surface area contributed by atoms with Crippen LogP contribution >= 0.6 is 0 Å². The van der Waals surface area contributed by atoms with Crippen molar-refractivity contribution in [3.8, 4) is 0 Å². The van der Waals surface area contributed by atoms with Gasteiger partial charge in [0.05, 0.1) is 11.0 Å². The van der Waals surface area contributed by atoms with E-state index < -0.39 is 6.04 Å². The van der Waals surface area contributed by atoms with E-state index in [0.29, 0.717) is 26.9 Å². The number of benzene rings is 6. The van der Waals surface area contributed by atoms with Gasteiger partial charge in [0.2, 0.25) is 0 Å². The van der Waals surface area contributed by atoms with Crippen molar-refractivity contribution in [2.45, 2.75) is 0 Å². The van der Waals surface area contributed by atoms with Crippen LogP contribution in [0.25, 0.3) is 53.9 Å². The lowest BCUT2D eigenvalue weighted by Crippen LogP contribution is -1.88. The van der Waals surface area contributed by atoms with Crippen LogP contribution in [0.2, 0.25) is 0 Å². The van der Waals surface area contributed by atoms with Crippen molar-refractivity contribution in [1.82, 2.24) is 0 Å². The van der Waals surface area contributed by atoms with E-state index in [4.69, 9.17) is 11.0 Å². The Bertz CT molecular complexity index is 1800. The second-order valence-corrected chi connectivity index (χ2v) is 5.98. The topological polar surface area (TPSA) is 0 Å². The molecule has 0 aliphatic heterocycles. The van der Waals surface area contributed by atoms with Crippen molar-refractivity contribution in [1.29, 1.82) is 0 Å². The van der Waals surface area contributed by atoms with Gasteiger partial charge in [-0.3, -0.25) is 0 Å². The van der Waals surface area contributed by atoms with Crippen LogP contribution in [0.15, 0.2) is 84.7 Å². The summed E-state index contributed by atoms with van der Waals surface area (Å²) in [5, 5.41) is 4.97. The van der Waals surface area contributed by atoms with E-state index in [2.05, 4.69) is 0 Å².